The van der Waals surface area contributed by atoms with E-state index in [0.717, 1.165) is 29.7 Å². The largest absolute Gasteiger partial charge is 0.478 e. The zero-order chi connectivity index (χ0) is 12.5. The van der Waals surface area contributed by atoms with Crippen molar-refractivity contribution in [2.24, 2.45) is 0 Å². The van der Waals surface area contributed by atoms with Crippen LogP contribution in [0.1, 0.15) is 23.2 Å². The van der Waals surface area contributed by atoms with Crippen molar-refractivity contribution < 1.29 is 9.90 Å². The number of pyridine rings is 1. The van der Waals surface area contributed by atoms with Crippen molar-refractivity contribution in [2.45, 2.75) is 12.8 Å². The molecule has 0 saturated carbocycles. The zero-order valence-electron chi connectivity index (χ0n) is 9.97. The molecule has 0 aliphatic carbocycles. The summed E-state index contributed by atoms with van der Waals surface area (Å²) in [5, 5.41) is 10.00. The lowest BCUT2D eigenvalue weighted by Crippen LogP contribution is -2.18. The molecular formula is C14H14N2O2. The van der Waals surface area contributed by atoms with Gasteiger partial charge in [0.1, 0.15) is 0 Å². The third kappa shape index (κ3) is 1.79. The third-order valence-electron chi connectivity index (χ3n) is 3.41. The lowest BCUT2D eigenvalue weighted by atomic mass is 10.1. The molecule has 1 aliphatic heterocycles. The Balaban J connectivity index is 2.17. The summed E-state index contributed by atoms with van der Waals surface area (Å²) in [5.41, 5.74) is 2.26. The van der Waals surface area contributed by atoms with E-state index in [9.17, 15) is 4.79 Å². The van der Waals surface area contributed by atoms with Gasteiger partial charge in [0.15, 0.2) is 0 Å². The lowest BCUT2D eigenvalue weighted by Gasteiger charge is -2.19. The normalized spacial score (nSPS) is 15.2. The number of hydrogen-bond donors (Lipinski definition) is 1. The second-order valence-corrected chi connectivity index (χ2v) is 4.56. The summed E-state index contributed by atoms with van der Waals surface area (Å²) in [6.45, 7) is 2.08. The summed E-state index contributed by atoms with van der Waals surface area (Å²) in [4.78, 5) is 17.6. The zero-order valence-corrected chi connectivity index (χ0v) is 9.97. The smallest absolute Gasteiger partial charge is 0.335 e. The molecule has 92 valence electrons. The number of carbonyl (C=O) groups is 1. The number of carboxylic acids is 1. The Kier molecular flexibility index (Phi) is 2.63. The Hall–Kier alpha value is -2.10. The molecule has 2 heterocycles. The van der Waals surface area contributed by atoms with Crippen LogP contribution in [-0.2, 0) is 0 Å². The van der Waals surface area contributed by atoms with E-state index in [1.807, 2.05) is 6.07 Å². The van der Waals surface area contributed by atoms with Crippen LogP contribution in [0.5, 0.6) is 0 Å². The van der Waals surface area contributed by atoms with Gasteiger partial charge >= 0.3 is 5.97 Å². The Morgan fingerprint density at radius 3 is 2.72 bits per heavy atom. The van der Waals surface area contributed by atoms with E-state index in [-0.39, 0.29) is 0 Å². The maximum absolute atomic E-state index is 11.0. The Morgan fingerprint density at radius 1 is 1.22 bits per heavy atom. The molecule has 0 unspecified atom stereocenters. The molecule has 0 radical (unpaired) electrons. The molecule has 4 heteroatoms. The molecule has 0 spiro atoms. The Morgan fingerprint density at radius 2 is 2.00 bits per heavy atom. The molecule has 18 heavy (non-hydrogen) atoms. The number of hydrogen-bond acceptors (Lipinski definition) is 3. The highest BCUT2D eigenvalue weighted by molar-refractivity contribution is 5.98. The molecule has 2 aromatic rings. The molecule has 1 aromatic carbocycles. The SMILES string of the molecule is O=C(O)c1ccc2nccc(N3CCCC3)c2c1. The van der Waals surface area contributed by atoms with Crippen molar-refractivity contribution in [1.29, 1.82) is 0 Å². The molecular weight excluding hydrogens is 228 g/mol. The minimum Gasteiger partial charge on any atom is -0.478 e. The van der Waals surface area contributed by atoms with Crippen LogP contribution in [0.3, 0.4) is 0 Å². The summed E-state index contributed by atoms with van der Waals surface area (Å²) in [6, 6.07) is 7.07. The Bertz CT molecular complexity index is 604. The molecule has 1 aromatic heterocycles. The van der Waals surface area contributed by atoms with Crippen LogP contribution in [-0.4, -0.2) is 29.1 Å². The van der Waals surface area contributed by atoms with E-state index >= 15 is 0 Å². The fraction of sp³-hybridized carbons (Fsp3) is 0.286. The van der Waals surface area contributed by atoms with E-state index in [1.54, 1.807) is 24.4 Å². The van der Waals surface area contributed by atoms with Gasteiger partial charge in [-0.05, 0) is 37.1 Å². The fourth-order valence-corrected chi connectivity index (χ4v) is 2.50. The van der Waals surface area contributed by atoms with E-state index in [1.165, 1.54) is 12.8 Å². The van der Waals surface area contributed by atoms with Gasteiger partial charge in [-0.2, -0.15) is 0 Å². The maximum atomic E-state index is 11.0. The second kappa shape index (κ2) is 4.29. The minimum absolute atomic E-state index is 0.316. The summed E-state index contributed by atoms with van der Waals surface area (Å²) >= 11 is 0. The quantitative estimate of drug-likeness (QED) is 0.879. The van der Waals surface area contributed by atoms with Crippen LogP contribution < -0.4 is 4.90 Å². The fourth-order valence-electron chi connectivity index (χ4n) is 2.50. The second-order valence-electron chi connectivity index (χ2n) is 4.56. The highest BCUT2D eigenvalue weighted by atomic mass is 16.4. The molecule has 1 fully saturated rings. The van der Waals surface area contributed by atoms with Crippen LogP contribution >= 0.6 is 0 Å². The number of fused-ring (bicyclic) bond motifs is 1. The van der Waals surface area contributed by atoms with Crippen LogP contribution in [0.15, 0.2) is 30.5 Å². The van der Waals surface area contributed by atoms with Gasteiger partial charge in [-0.25, -0.2) is 4.79 Å². The first kappa shape index (κ1) is 11.0. The average molecular weight is 242 g/mol. The molecule has 0 amide bonds. The van der Waals surface area contributed by atoms with Gasteiger partial charge in [0.05, 0.1) is 11.1 Å². The maximum Gasteiger partial charge on any atom is 0.335 e. The van der Waals surface area contributed by atoms with Crippen LogP contribution in [0.25, 0.3) is 10.9 Å². The van der Waals surface area contributed by atoms with Crippen molar-refractivity contribution >= 4 is 22.6 Å². The van der Waals surface area contributed by atoms with E-state index in [0.29, 0.717) is 5.56 Å². The number of aromatic carboxylic acids is 1. The number of anilines is 1. The van der Waals surface area contributed by atoms with Crippen molar-refractivity contribution in [3.8, 4) is 0 Å². The summed E-state index contributed by atoms with van der Waals surface area (Å²) in [7, 11) is 0. The number of rotatable bonds is 2. The van der Waals surface area contributed by atoms with Gasteiger partial charge in [0.2, 0.25) is 0 Å². The molecule has 4 nitrogen and oxygen atoms in total. The topological polar surface area (TPSA) is 53.4 Å². The molecule has 1 saturated heterocycles. The van der Waals surface area contributed by atoms with Gasteiger partial charge < -0.3 is 10.0 Å². The summed E-state index contributed by atoms with van der Waals surface area (Å²) in [6.07, 6.45) is 4.18. The van der Waals surface area contributed by atoms with Gasteiger partial charge in [0.25, 0.3) is 0 Å². The minimum atomic E-state index is -0.895. The summed E-state index contributed by atoms with van der Waals surface area (Å²) < 4.78 is 0. The van der Waals surface area contributed by atoms with Crippen molar-refractivity contribution in [2.75, 3.05) is 18.0 Å². The molecule has 1 aliphatic rings. The summed E-state index contributed by atoms with van der Waals surface area (Å²) in [5.74, 6) is -0.895. The van der Waals surface area contributed by atoms with E-state index < -0.39 is 5.97 Å². The van der Waals surface area contributed by atoms with Crippen LogP contribution in [0.2, 0.25) is 0 Å². The number of aromatic nitrogens is 1. The molecule has 3 rings (SSSR count). The van der Waals surface area contributed by atoms with Crippen LogP contribution in [0.4, 0.5) is 5.69 Å². The highest BCUT2D eigenvalue weighted by Gasteiger charge is 2.16. The van der Waals surface area contributed by atoms with Gasteiger partial charge in [0, 0.05) is 30.4 Å². The Labute approximate surface area is 105 Å². The first-order valence-corrected chi connectivity index (χ1v) is 6.13. The molecule has 0 bridgehead atoms. The number of carboxylic acid groups (broad SMARTS) is 1. The molecule has 0 atom stereocenters. The number of nitrogens with zero attached hydrogens (tertiary/aromatic N) is 2. The van der Waals surface area contributed by atoms with Gasteiger partial charge in [-0.3, -0.25) is 4.98 Å². The van der Waals surface area contributed by atoms with Crippen molar-refractivity contribution in [1.82, 2.24) is 4.98 Å². The third-order valence-corrected chi connectivity index (χ3v) is 3.41. The first-order chi connectivity index (χ1) is 8.75. The molecule has 1 N–H and O–H groups in total. The predicted octanol–water partition coefficient (Wildman–Crippen LogP) is 2.53. The van der Waals surface area contributed by atoms with Gasteiger partial charge in [-0.15, -0.1) is 0 Å². The van der Waals surface area contributed by atoms with E-state index in [4.69, 9.17) is 5.11 Å². The van der Waals surface area contributed by atoms with Crippen molar-refractivity contribution in [3.63, 3.8) is 0 Å². The standard InChI is InChI=1S/C14H14N2O2/c17-14(18)10-3-4-12-11(9-10)13(5-6-15-12)16-7-1-2-8-16/h3-6,9H,1-2,7-8H2,(H,17,18). The average Bonchev–Trinajstić information content (AvgIpc) is 2.91. The monoisotopic (exact) mass is 242 g/mol. The first-order valence-electron chi connectivity index (χ1n) is 6.13. The van der Waals surface area contributed by atoms with E-state index in [2.05, 4.69) is 9.88 Å². The van der Waals surface area contributed by atoms with Gasteiger partial charge in [-0.1, -0.05) is 0 Å². The van der Waals surface area contributed by atoms with Crippen LogP contribution in [0, 0.1) is 0 Å². The predicted molar refractivity (Wildman–Crippen MR) is 70.1 cm³/mol. The lowest BCUT2D eigenvalue weighted by molar-refractivity contribution is 0.0697. The van der Waals surface area contributed by atoms with Crippen molar-refractivity contribution in [3.05, 3.63) is 36.0 Å². The number of benzene rings is 1. The highest BCUT2D eigenvalue weighted by Crippen LogP contribution is 2.28.